The molecule has 0 saturated heterocycles. The van der Waals surface area contributed by atoms with E-state index < -0.39 is 160 Å². The van der Waals surface area contributed by atoms with Gasteiger partial charge in [0.15, 0.2) is 25.4 Å². The molecule has 85 heavy (non-hydrogen) atoms. The van der Waals surface area contributed by atoms with Crippen LogP contribution in [0.15, 0.2) is 123 Å². The van der Waals surface area contributed by atoms with Crippen molar-refractivity contribution in [2.24, 2.45) is 20.5 Å². The minimum Gasteiger partial charge on any atom is -0.744 e. The monoisotopic (exact) mass is 1410 g/mol. The summed E-state index contributed by atoms with van der Waals surface area (Å²) in [7, 11) is -30.1. The van der Waals surface area contributed by atoms with E-state index in [1.165, 1.54) is 12.1 Å². The van der Waals surface area contributed by atoms with E-state index in [9.17, 15) is 84.3 Å². The number of aromatic nitrogens is 3. The first-order valence-corrected chi connectivity index (χ1v) is 30.6. The number of aromatic hydroxyl groups is 1. The van der Waals surface area contributed by atoms with Gasteiger partial charge in [-0.25, -0.2) is 50.5 Å². The van der Waals surface area contributed by atoms with Gasteiger partial charge in [0.1, 0.15) is 43.0 Å². The van der Waals surface area contributed by atoms with Crippen LogP contribution in [0.3, 0.4) is 0 Å². The Morgan fingerprint density at radius 2 is 1.02 bits per heavy atom. The van der Waals surface area contributed by atoms with Crippen LogP contribution in [0.25, 0.3) is 10.8 Å². The maximum atomic E-state index is 12.9. The number of phenols is 1. The van der Waals surface area contributed by atoms with Crippen LogP contribution in [0.2, 0.25) is 5.28 Å². The Labute approximate surface area is 627 Å². The van der Waals surface area contributed by atoms with Gasteiger partial charge in [-0.05, 0) is 89.8 Å². The molecule has 0 aliphatic heterocycles. The summed E-state index contributed by atoms with van der Waals surface area (Å²) in [6, 6.07) is 11.4. The van der Waals surface area contributed by atoms with Gasteiger partial charge < -0.3 is 50.2 Å². The maximum Gasteiger partial charge on any atom is 1.00 e. The number of benzene rings is 5. The third-order valence-corrected chi connectivity index (χ3v) is 16.8. The van der Waals surface area contributed by atoms with Gasteiger partial charge in [-0.2, -0.15) is 23.6 Å². The van der Waals surface area contributed by atoms with Gasteiger partial charge in [0, 0.05) is 11.4 Å². The predicted octanol–water partition coefficient (Wildman–Crippen LogP) is -15.9. The molecule has 1 aromatic heterocycles. The zero-order valence-electron chi connectivity index (χ0n) is 43.9. The Hall–Kier alpha value is -0.0200. The molecule has 6 rings (SSSR count). The molecule has 0 saturated carbocycles. The van der Waals surface area contributed by atoms with Gasteiger partial charge in [-0.15, -0.1) is 20.5 Å². The normalized spacial score (nSPS) is 12.0. The van der Waals surface area contributed by atoms with Crippen LogP contribution in [-0.4, -0.2) is 113 Å². The first-order chi connectivity index (χ1) is 36.8. The van der Waals surface area contributed by atoms with E-state index in [2.05, 4.69) is 73.2 Å². The second-order valence-corrected chi connectivity index (χ2v) is 25.3. The average Bonchev–Trinajstić information content (AvgIpc) is 3.50. The number of nitrogens with two attached hydrogens (primary N) is 1. The number of nitrogen functional groups attached to an aromatic ring is 1. The third kappa shape index (κ3) is 25.1. The summed E-state index contributed by atoms with van der Waals surface area (Å²) in [5, 5.41) is 59.0. The number of phenolic OH excluding ortho intramolecular Hbond substituents is 1. The Kier molecular flexibility index (Phi) is 36.4. The number of sulfone groups is 2. The Balaban J connectivity index is 0.0000118. The molecule has 5 N–H and O–H groups in total. The number of nitrogens with zero attached hydrogens (tertiary/aromatic N) is 7. The molecule has 0 amide bonds. The van der Waals surface area contributed by atoms with Gasteiger partial charge in [0.25, 0.3) is 0 Å². The molecule has 5 aromatic carbocycles. The fraction of sp³-hybridized carbons (Fsp3) is 0.114. The van der Waals surface area contributed by atoms with Crippen molar-refractivity contribution in [3.8, 4) is 5.75 Å². The Morgan fingerprint density at radius 1 is 0.553 bits per heavy atom. The van der Waals surface area contributed by atoms with Gasteiger partial charge in [0.05, 0.1) is 89.3 Å². The predicted molar refractivity (Wildman–Crippen MR) is 256 cm³/mol. The smallest absolute Gasteiger partial charge is 0.744 e. The zero-order chi connectivity index (χ0) is 58.3. The van der Waals surface area contributed by atoms with Crippen LogP contribution in [0.1, 0.15) is 0 Å². The maximum absolute atomic E-state index is 12.9. The second-order valence-electron chi connectivity index (χ2n) is 14.5. The molecular weight excluding hydrogens is 1390 g/mol. The van der Waals surface area contributed by atoms with Crippen LogP contribution < -0.4 is 204 Å². The summed E-state index contributed by atoms with van der Waals surface area (Å²) in [5.74, 6) is -3.64. The van der Waals surface area contributed by atoms with E-state index in [4.69, 9.17) is 17.3 Å². The van der Waals surface area contributed by atoms with Crippen molar-refractivity contribution < 1.29 is 289 Å². The van der Waals surface area contributed by atoms with E-state index in [1.54, 1.807) is 0 Å². The van der Waals surface area contributed by atoms with Crippen molar-refractivity contribution in [1.82, 2.24) is 15.0 Å². The van der Waals surface area contributed by atoms with Gasteiger partial charge in [-0.1, -0.05) is 0 Å². The molecular formula is C35H25ClN10Na6O25S8. The van der Waals surface area contributed by atoms with Crippen molar-refractivity contribution >= 4 is 159 Å². The van der Waals surface area contributed by atoms with E-state index in [0.29, 0.717) is 6.07 Å². The SMILES string of the molecule is Nc1c(N=Nc2ccc(S(=O)(=O)CCOS(=O)(=O)[O-])cc2SOO[O-])c(S(=O)(=O)[O-])cc2cc(SOO[O-])c(N=Nc3cc(Nc4nc(Cl)nc(Nc5ccc(S(=O)(=O)CCOS(=O)(=O)[O-])cc5)n4)ccc3S(=O)(=O)[O-])c(O)c12.[Na+].[Na+].[Na+].[Na+].[Na+].[Na+]. The van der Waals surface area contributed by atoms with Gasteiger partial charge in [0.2, 0.25) is 38.0 Å². The minimum atomic E-state index is -5.62. The van der Waals surface area contributed by atoms with Crippen LogP contribution in [0, 0.1) is 0 Å². The standard InChI is InChI=1S/C35H31ClN10O25S8.6Na/c36-33-40-34(38-18-1-4-20(5-2-18)74(50,51)11-9-66-78(60,61)62)42-35(41-33)39-19-3-8-26(76(54,55)56)23(15-19)44-45-30-25(73-71-69-49)13-17-14-27(77(57,58)59)31(29(37)28(17)32(30)47)46-43-22-7-6-21(16-24(22)72-70-68-48)75(52,53)12-10-67-79(63,64)65;;;;;;/h1-8,13-16,47-49H,9-12,37H2,(H,54,55,56)(H,57,58,59)(H,60,61,62)(H,63,64,65)(H2,38,39,40,41,42);;;;;;/q;6*+1/p-6. The molecule has 0 spiro atoms. The molecule has 50 heteroatoms. The number of hydrogen-bond acceptors (Lipinski definition) is 37. The van der Waals surface area contributed by atoms with Crippen molar-refractivity contribution in [1.29, 1.82) is 0 Å². The second kappa shape index (κ2) is 36.4. The molecule has 0 unspecified atom stereocenters. The fourth-order valence-electron chi connectivity index (χ4n) is 6.19. The van der Waals surface area contributed by atoms with Gasteiger partial charge in [-0.3, -0.25) is 18.4 Å². The number of rotatable bonds is 26. The molecule has 6 aromatic rings. The van der Waals surface area contributed by atoms with E-state index in [-0.39, 0.29) is 230 Å². The fourth-order valence-corrected chi connectivity index (χ4v) is 11.6. The van der Waals surface area contributed by atoms with Crippen molar-refractivity contribution in [3.05, 3.63) is 78.1 Å². The number of anilines is 5. The number of halogens is 1. The van der Waals surface area contributed by atoms with E-state index in [1.807, 2.05) is 0 Å². The summed E-state index contributed by atoms with van der Waals surface area (Å²) < 4.78 is 207. The molecule has 426 valence electrons. The molecule has 1 heterocycles. The molecule has 0 aliphatic carbocycles. The zero-order valence-corrected chi connectivity index (χ0v) is 63.1. The van der Waals surface area contributed by atoms with Crippen molar-refractivity contribution in [2.45, 2.75) is 29.4 Å². The van der Waals surface area contributed by atoms with Crippen LogP contribution in [-0.2, 0) is 87.8 Å². The van der Waals surface area contributed by atoms with Crippen molar-refractivity contribution in [2.75, 3.05) is 41.1 Å². The Morgan fingerprint density at radius 3 is 1.54 bits per heavy atom. The van der Waals surface area contributed by atoms with Crippen LogP contribution >= 0.6 is 35.7 Å². The minimum absolute atomic E-state index is 0. The summed E-state index contributed by atoms with van der Waals surface area (Å²) in [4.78, 5) is 7.85. The summed E-state index contributed by atoms with van der Waals surface area (Å²) in [6.07, 6.45) is 0. The Bertz CT molecular complexity index is 4120. The largest absolute Gasteiger partial charge is 1.00 e. The summed E-state index contributed by atoms with van der Waals surface area (Å²) >= 11 is 6.12. The van der Waals surface area contributed by atoms with Crippen LogP contribution in [0.5, 0.6) is 5.75 Å². The average molecular weight is 1420 g/mol. The number of hydrogen-bond donors (Lipinski definition) is 4. The quantitative estimate of drug-likeness (QED) is 0.00572. The third-order valence-electron chi connectivity index (χ3n) is 9.41. The first-order valence-electron chi connectivity index (χ1n) is 19.9. The summed E-state index contributed by atoms with van der Waals surface area (Å²) in [6.45, 7) is -2.05. The topological polar surface area (TPSA) is 557 Å². The molecule has 0 atom stereocenters. The number of fused-ring (bicyclic) bond motifs is 1. The van der Waals surface area contributed by atoms with Crippen LogP contribution in [0.4, 0.5) is 51.7 Å². The van der Waals surface area contributed by atoms with E-state index in [0.717, 1.165) is 54.6 Å². The number of azo groups is 2. The van der Waals surface area contributed by atoms with E-state index >= 15 is 0 Å². The number of nitrogens with one attached hydrogen (secondary N) is 2. The summed E-state index contributed by atoms with van der Waals surface area (Å²) in [5.41, 5.74) is 2.44. The molecule has 0 aliphatic rings. The first kappa shape index (κ1) is 85.0. The molecule has 0 bridgehead atoms. The van der Waals surface area contributed by atoms with Gasteiger partial charge >= 0.3 is 177 Å². The molecule has 35 nitrogen and oxygen atoms in total. The van der Waals surface area contributed by atoms with Crippen molar-refractivity contribution in [3.63, 3.8) is 0 Å². The molecule has 0 radical (unpaired) electrons. The molecule has 0 fully saturated rings.